The maximum Gasteiger partial charge on any atom is 0.236 e. The lowest BCUT2D eigenvalue weighted by molar-refractivity contribution is -0.128. The molecule has 2 saturated carbocycles. The number of benzene rings is 1. The fraction of sp³-hybridized carbons (Fsp3) is 0.526. The number of hydrogen-bond acceptors (Lipinski definition) is 3. The molecule has 0 N–H and O–H groups in total. The van der Waals surface area contributed by atoms with Crippen LogP contribution in [-0.4, -0.2) is 26.5 Å². The lowest BCUT2D eigenvalue weighted by Crippen LogP contribution is -2.46. The van der Waals surface area contributed by atoms with Gasteiger partial charge in [-0.1, -0.05) is 38.1 Å². The number of ketones is 1. The van der Waals surface area contributed by atoms with Crippen molar-refractivity contribution >= 4 is 21.5 Å². The topological polar surface area (TPSA) is 54.5 Å². The average molecular weight is 347 g/mol. The largest absolute Gasteiger partial charge is 0.299 e. The fourth-order valence-corrected chi connectivity index (χ4v) is 6.82. The summed E-state index contributed by atoms with van der Waals surface area (Å²) in [7, 11) is -3.63. The molecule has 2 aliphatic rings. The van der Waals surface area contributed by atoms with Crippen molar-refractivity contribution in [1.29, 1.82) is 0 Å². The molecule has 0 unspecified atom stereocenters. The SMILES string of the molecule is C=CCN(c1ccccc1)S(=O)(=O)C[C@]12CC[C@@H](CC1=O)C2(C)C. The zero-order chi connectivity index (χ0) is 17.6. The molecule has 0 radical (unpaired) electrons. The molecule has 1 aromatic carbocycles. The van der Waals surface area contributed by atoms with E-state index in [9.17, 15) is 13.2 Å². The third kappa shape index (κ3) is 2.41. The van der Waals surface area contributed by atoms with Crippen LogP contribution in [0.25, 0.3) is 0 Å². The van der Waals surface area contributed by atoms with Gasteiger partial charge in [0, 0.05) is 6.42 Å². The molecule has 0 aliphatic heterocycles. The second-order valence-corrected chi connectivity index (χ2v) is 9.47. The van der Waals surface area contributed by atoms with Gasteiger partial charge >= 0.3 is 0 Å². The minimum Gasteiger partial charge on any atom is -0.299 e. The van der Waals surface area contributed by atoms with E-state index in [0.29, 0.717) is 24.4 Å². The predicted molar refractivity (Wildman–Crippen MR) is 96.3 cm³/mol. The second-order valence-electron chi connectivity index (χ2n) is 7.58. The Morgan fingerprint density at radius 1 is 1.29 bits per heavy atom. The van der Waals surface area contributed by atoms with Crippen LogP contribution in [0.2, 0.25) is 0 Å². The van der Waals surface area contributed by atoms with E-state index in [1.165, 1.54) is 4.31 Å². The Labute approximate surface area is 144 Å². The third-order valence-electron chi connectivity index (χ3n) is 6.24. The molecule has 2 atom stereocenters. The molecule has 1 aromatic rings. The first kappa shape index (κ1) is 17.2. The predicted octanol–water partition coefficient (Wildman–Crippen LogP) is 3.40. The van der Waals surface area contributed by atoms with Gasteiger partial charge in [0.25, 0.3) is 0 Å². The van der Waals surface area contributed by atoms with Crippen molar-refractivity contribution in [1.82, 2.24) is 0 Å². The zero-order valence-electron chi connectivity index (χ0n) is 14.4. The van der Waals surface area contributed by atoms with E-state index in [1.807, 2.05) is 18.2 Å². The summed E-state index contributed by atoms with van der Waals surface area (Å²) in [5.74, 6) is 0.328. The molecule has 2 aliphatic carbocycles. The van der Waals surface area contributed by atoms with Crippen molar-refractivity contribution in [3.8, 4) is 0 Å². The lowest BCUT2D eigenvalue weighted by Gasteiger charge is -2.38. The summed E-state index contributed by atoms with van der Waals surface area (Å²) in [4.78, 5) is 12.7. The first-order valence-corrected chi connectivity index (χ1v) is 10.1. The molecule has 0 spiro atoms. The van der Waals surface area contributed by atoms with E-state index < -0.39 is 15.4 Å². The number of rotatable bonds is 6. The summed E-state index contributed by atoms with van der Waals surface area (Å²) < 4.78 is 27.8. The van der Waals surface area contributed by atoms with Crippen molar-refractivity contribution in [3.63, 3.8) is 0 Å². The van der Waals surface area contributed by atoms with Crippen LogP contribution in [0.15, 0.2) is 43.0 Å². The molecule has 24 heavy (non-hydrogen) atoms. The number of para-hydroxylation sites is 1. The second kappa shape index (κ2) is 5.73. The molecular formula is C19H25NO3S. The molecule has 0 heterocycles. The molecule has 5 heteroatoms. The average Bonchev–Trinajstić information content (AvgIpc) is 2.87. The third-order valence-corrected chi connectivity index (χ3v) is 8.13. The van der Waals surface area contributed by atoms with E-state index in [0.717, 1.165) is 6.42 Å². The van der Waals surface area contributed by atoms with Gasteiger partial charge in [0.05, 0.1) is 23.4 Å². The number of nitrogens with zero attached hydrogens (tertiary/aromatic N) is 1. The van der Waals surface area contributed by atoms with Crippen molar-refractivity contribution in [2.24, 2.45) is 16.7 Å². The first-order valence-electron chi connectivity index (χ1n) is 8.44. The minimum absolute atomic E-state index is 0.106. The van der Waals surface area contributed by atoms with Gasteiger partial charge < -0.3 is 0 Å². The Kier molecular flexibility index (Phi) is 4.11. The Balaban J connectivity index is 1.98. The first-order chi connectivity index (χ1) is 11.2. The van der Waals surface area contributed by atoms with Crippen LogP contribution >= 0.6 is 0 Å². The van der Waals surface area contributed by atoms with E-state index in [1.54, 1.807) is 18.2 Å². The smallest absolute Gasteiger partial charge is 0.236 e. The van der Waals surface area contributed by atoms with Gasteiger partial charge in [-0.3, -0.25) is 9.10 Å². The normalized spacial score (nSPS) is 28.1. The lowest BCUT2D eigenvalue weighted by atomic mass is 9.70. The number of anilines is 1. The maximum atomic E-state index is 13.2. The molecule has 3 rings (SSSR count). The molecule has 0 aromatic heterocycles. The number of Topliss-reactive ketones (excluding diaryl/α,β-unsaturated/α-hetero) is 1. The van der Waals surface area contributed by atoms with Gasteiger partial charge in [0.1, 0.15) is 5.78 Å². The number of carbonyl (C=O) groups excluding carboxylic acids is 1. The highest BCUT2D eigenvalue weighted by molar-refractivity contribution is 7.92. The molecule has 4 nitrogen and oxygen atoms in total. The molecule has 2 fully saturated rings. The Bertz CT molecular complexity index is 754. The summed E-state index contributed by atoms with van der Waals surface area (Å²) in [5, 5.41) is 0. The fourth-order valence-electron chi connectivity index (χ4n) is 4.59. The number of fused-ring (bicyclic) bond motifs is 2. The molecular weight excluding hydrogens is 322 g/mol. The van der Waals surface area contributed by atoms with Gasteiger partial charge in [0.15, 0.2) is 0 Å². The monoisotopic (exact) mass is 347 g/mol. The van der Waals surface area contributed by atoms with Gasteiger partial charge in [-0.2, -0.15) is 0 Å². The minimum atomic E-state index is -3.63. The van der Waals surface area contributed by atoms with Crippen LogP contribution in [0.5, 0.6) is 0 Å². The highest BCUT2D eigenvalue weighted by atomic mass is 32.2. The summed E-state index contributed by atoms with van der Waals surface area (Å²) in [6, 6.07) is 9.03. The van der Waals surface area contributed by atoms with Crippen LogP contribution in [0.4, 0.5) is 5.69 Å². The number of carbonyl (C=O) groups is 1. The highest BCUT2D eigenvalue weighted by Crippen LogP contribution is 2.64. The summed E-state index contributed by atoms with van der Waals surface area (Å²) in [6.07, 6.45) is 3.73. The van der Waals surface area contributed by atoms with E-state index in [2.05, 4.69) is 20.4 Å². The molecule has 2 bridgehead atoms. The number of hydrogen-bond donors (Lipinski definition) is 0. The standard InChI is InChI=1S/C19H25NO3S/c1-4-12-20(16-8-6-5-7-9-16)24(22,23)14-19-11-10-15(13-17(19)21)18(19,2)3/h4-9,15H,1,10-14H2,2-3H3/t15-,19+/m0/s1. The van der Waals surface area contributed by atoms with Crippen molar-refractivity contribution in [3.05, 3.63) is 43.0 Å². The van der Waals surface area contributed by atoms with Gasteiger partial charge in [0.2, 0.25) is 10.0 Å². The van der Waals surface area contributed by atoms with Crippen LogP contribution < -0.4 is 4.31 Å². The van der Waals surface area contributed by atoms with Crippen molar-refractivity contribution in [2.75, 3.05) is 16.6 Å². The van der Waals surface area contributed by atoms with E-state index in [-0.39, 0.29) is 23.5 Å². The Morgan fingerprint density at radius 2 is 1.96 bits per heavy atom. The summed E-state index contributed by atoms with van der Waals surface area (Å²) in [5.41, 5.74) is -0.384. The van der Waals surface area contributed by atoms with Crippen LogP contribution in [0, 0.1) is 16.7 Å². The Morgan fingerprint density at radius 3 is 2.46 bits per heavy atom. The van der Waals surface area contributed by atoms with Crippen LogP contribution in [0.3, 0.4) is 0 Å². The van der Waals surface area contributed by atoms with Crippen LogP contribution in [0.1, 0.15) is 33.1 Å². The Hall–Kier alpha value is -1.62. The quantitative estimate of drug-likeness (QED) is 0.741. The maximum absolute atomic E-state index is 13.2. The van der Waals surface area contributed by atoms with Crippen LogP contribution in [-0.2, 0) is 14.8 Å². The van der Waals surface area contributed by atoms with Gasteiger partial charge in [-0.05, 0) is 36.3 Å². The summed E-state index contributed by atoms with van der Waals surface area (Å²) >= 11 is 0. The number of sulfonamides is 1. The van der Waals surface area contributed by atoms with Crippen molar-refractivity contribution in [2.45, 2.75) is 33.1 Å². The zero-order valence-corrected chi connectivity index (χ0v) is 15.2. The molecule has 0 saturated heterocycles. The molecule has 0 amide bonds. The van der Waals surface area contributed by atoms with E-state index in [4.69, 9.17) is 0 Å². The van der Waals surface area contributed by atoms with Gasteiger partial charge in [-0.15, -0.1) is 6.58 Å². The van der Waals surface area contributed by atoms with Gasteiger partial charge in [-0.25, -0.2) is 8.42 Å². The highest BCUT2D eigenvalue weighted by Gasteiger charge is 2.65. The summed E-state index contributed by atoms with van der Waals surface area (Å²) in [6.45, 7) is 8.02. The molecule has 130 valence electrons. The van der Waals surface area contributed by atoms with E-state index >= 15 is 0 Å². The van der Waals surface area contributed by atoms with Crippen molar-refractivity contribution < 1.29 is 13.2 Å².